The SMILES string of the molecule is C=CCOP(=O)(OCCCOP(=O)(OCC=C)OCC(COCCC(O)CCCCCCC)N=[N+]=[N-])OCC(COCCC(O)CCCCCCC)N=[N+]=[N-]. The van der Waals surface area contributed by atoms with Gasteiger partial charge in [0, 0.05) is 23.0 Å². The average Bonchev–Trinajstić information content (AvgIpc) is 3.17. The molecule has 0 fully saturated rings. The van der Waals surface area contributed by atoms with E-state index in [2.05, 4.69) is 47.1 Å². The van der Waals surface area contributed by atoms with Crippen LogP contribution in [0.3, 0.4) is 0 Å². The highest BCUT2D eigenvalue weighted by molar-refractivity contribution is 7.48. The second kappa shape index (κ2) is 36.5. The van der Waals surface area contributed by atoms with Crippen LogP contribution in [0.1, 0.15) is 110 Å². The van der Waals surface area contributed by atoms with E-state index in [0.717, 1.165) is 51.4 Å². The van der Waals surface area contributed by atoms with E-state index in [1.807, 2.05) is 0 Å². The minimum Gasteiger partial charge on any atom is -0.393 e. The van der Waals surface area contributed by atoms with Crippen molar-refractivity contribution in [2.24, 2.45) is 10.2 Å². The van der Waals surface area contributed by atoms with Crippen LogP contribution in [0.4, 0.5) is 0 Å². The third-order valence-electron chi connectivity index (χ3n) is 7.86. The Kier molecular flexibility index (Phi) is 35.3. The van der Waals surface area contributed by atoms with Gasteiger partial charge in [0.1, 0.15) is 0 Å². The van der Waals surface area contributed by atoms with E-state index in [-0.39, 0.29) is 72.5 Å². The lowest BCUT2D eigenvalue weighted by Gasteiger charge is -2.21. The second-order valence-corrected chi connectivity index (χ2v) is 16.2. The molecule has 0 aromatic carbocycles. The fraction of sp³-hybridized carbons (Fsp3) is 0.886. The number of phosphoric ester groups is 2. The number of phosphoric acid groups is 2. The summed E-state index contributed by atoms with van der Waals surface area (Å²) in [6, 6.07) is -1.71. The molecule has 0 aromatic heterocycles. The number of unbranched alkanes of at least 4 members (excludes halogenated alkanes) is 8. The molecule has 20 heteroatoms. The van der Waals surface area contributed by atoms with E-state index >= 15 is 0 Å². The molecule has 0 heterocycles. The van der Waals surface area contributed by atoms with Crippen molar-refractivity contribution >= 4 is 15.6 Å². The Balaban J connectivity index is 4.85. The van der Waals surface area contributed by atoms with Crippen LogP contribution in [-0.2, 0) is 45.7 Å². The summed E-state index contributed by atoms with van der Waals surface area (Å²) in [6.07, 6.45) is 15.0. The monoisotopic (exact) mass is 826 g/mol. The average molecular weight is 827 g/mol. The maximum absolute atomic E-state index is 13.3. The van der Waals surface area contributed by atoms with Gasteiger partial charge in [-0.1, -0.05) is 100 Å². The van der Waals surface area contributed by atoms with Gasteiger partial charge in [0.05, 0.1) is 77.1 Å². The quantitative estimate of drug-likeness (QED) is 0.0146. The van der Waals surface area contributed by atoms with Gasteiger partial charge in [-0.05, 0) is 43.2 Å². The number of azide groups is 2. The normalized spacial score (nSPS) is 15.8. The Morgan fingerprint density at radius 2 is 0.964 bits per heavy atom. The highest BCUT2D eigenvalue weighted by atomic mass is 31.2. The molecule has 0 radical (unpaired) electrons. The van der Waals surface area contributed by atoms with Crippen LogP contribution in [0.25, 0.3) is 20.9 Å². The number of rotatable bonds is 42. The highest BCUT2D eigenvalue weighted by Gasteiger charge is 2.30. The highest BCUT2D eigenvalue weighted by Crippen LogP contribution is 2.51. The van der Waals surface area contributed by atoms with Crippen LogP contribution in [0.15, 0.2) is 35.5 Å². The van der Waals surface area contributed by atoms with E-state index < -0.39 is 39.9 Å². The molecule has 320 valence electrons. The molecule has 6 unspecified atom stereocenters. The largest absolute Gasteiger partial charge is 0.475 e. The summed E-state index contributed by atoms with van der Waals surface area (Å²) in [5, 5.41) is 27.6. The van der Waals surface area contributed by atoms with Crippen LogP contribution in [-0.4, -0.2) is 101 Å². The Morgan fingerprint density at radius 1 is 0.564 bits per heavy atom. The lowest BCUT2D eigenvalue weighted by atomic mass is 10.1. The van der Waals surface area contributed by atoms with Crippen LogP contribution in [0.2, 0.25) is 0 Å². The van der Waals surface area contributed by atoms with E-state index in [9.17, 15) is 19.3 Å². The van der Waals surface area contributed by atoms with Gasteiger partial charge >= 0.3 is 15.6 Å². The summed E-state index contributed by atoms with van der Waals surface area (Å²) in [5.41, 5.74) is 18.0. The van der Waals surface area contributed by atoms with Crippen molar-refractivity contribution in [2.45, 2.75) is 134 Å². The van der Waals surface area contributed by atoms with Crippen molar-refractivity contribution in [3.63, 3.8) is 0 Å². The molecule has 0 rings (SSSR count). The summed E-state index contributed by atoms with van der Waals surface area (Å²) in [7, 11) is -8.36. The molecule has 0 aliphatic carbocycles. The Morgan fingerprint density at radius 3 is 1.33 bits per heavy atom. The molecular formula is C35H68N6O12P2. The number of nitrogens with zero attached hydrogens (tertiary/aromatic N) is 6. The van der Waals surface area contributed by atoms with Gasteiger partial charge in [-0.25, -0.2) is 9.13 Å². The van der Waals surface area contributed by atoms with Crippen molar-refractivity contribution in [1.29, 1.82) is 0 Å². The smallest absolute Gasteiger partial charge is 0.393 e. The summed E-state index contributed by atoms with van der Waals surface area (Å²) in [5.74, 6) is 0. The predicted octanol–water partition coefficient (Wildman–Crippen LogP) is 9.68. The molecule has 0 spiro atoms. The van der Waals surface area contributed by atoms with Crippen LogP contribution < -0.4 is 0 Å². The topological polar surface area (TPSA) is 246 Å². The zero-order chi connectivity index (χ0) is 40.9. The summed E-state index contributed by atoms with van der Waals surface area (Å²) < 4.78 is 69.9. The van der Waals surface area contributed by atoms with Crippen LogP contribution in [0.5, 0.6) is 0 Å². The zero-order valence-electron chi connectivity index (χ0n) is 33.1. The van der Waals surface area contributed by atoms with Crippen LogP contribution >= 0.6 is 15.6 Å². The van der Waals surface area contributed by atoms with Crippen LogP contribution in [0, 0.1) is 0 Å². The molecule has 6 atom stereocenters. The van der Waals surface area contributed by atoms with Crippen molar-refractivity contribution in [1.82, 2.24) is 0 Å². The molecule has 2 N–H and O–H groups in total. The van der Waals surface area contributed by atoms with Gasteiger partial charge in [-0.3, -0.25) is 27.1 Å². The number of hydrogen-bond donors (Lipinski definition) is 2. The molecule has 0 amide bonds. The van der Waals surface area contributed by atoms with Gasteiger partial charge in [0.25, 0.3) is 0 Å². The Hall–Kier alpha value is -1.84. The second-order valence-electron chi connectivity index (χ2n) is 12.8. The van der Waals surface area contributed by atoms with Gasteiger partial charge < -0.3 is 19.7 Å². The minimum absolute atomic E-state index is 0.0440. The minimum atomic E-state index is -4.18. The third kappa shape index (κ3) is 31.9. The zero-order valence-corrected chi connectivity index (χ0v) is 34.9. The lowest BCUT2D eigenvalue weighted by molar-refractivity contribution is 0.0546. The third-order valence-corrected chi connectivity index (χ3v) is 10.7. The molecule has 0 saturated carbocycles. The van der Waals surface area contributed by atoms with Crippen molar-refractivity contribution in [3.8, 4) is 0 Å². The summed E-state index contributed by atoms with van der Waals surface area (Å²) in [4.78, 5) is 5.60. The van der Waals surface area contributed by atoms with Gasteiger partial charge in [0.15, 0.2) is 0 Å². The lowest BCUT2D eigenvalue weighted by Crippen LogP contribution is -2.21. The number of aliphatic hydroxyl groups excluding tert-OH is 2. The first-order chi connectivity index (χ1) is 26.6. The summed E-state index contributed by atoms with van der Waals surface area (Å²) >= 11 is 0. The molecule has 18 nitrogen and oxygen atoms in total. The molecule has 0 saturated heterocycles. The number of ether oxygens (including phenoxy) is 2. The maximum Gasteiger partial charge on any atom is 0.475 e. The Bertz CT molecular complexity index is 1080. The standard InChI is InChI=1S/C35H68N6O12P2/c1-5-9-11-13-15-18-34(42)20-26-46-28-32(38-40-36)30-52-54(44,48-22-7-3)50-24-17-25-51-55(45,49-23-8-4)53-31-33(39-41-37)29-47-27-21-35(43)19-16-14-12-10-6-2/h7-8,32-35,42-43H,3-6,9-31H2,1-2H3. The van der Waals surface area contributed by atoms with Gasteiger partial charge in [-0.2, -0.15) is 0 Å². The predicted molar refractivity (Wildman–Crippen MR) is 211 cm³/mol. The van der Waals surface area contributed by atoms with Crippen molar-refractivity contribution < 1.29 is 56.0 Å². The van der Waals surface area contributed by atoms with Crippen molar-refractivity contribution in [2.75, 3.05) is 66.1 Å². The first-order valence-electron chi connectivity index (χ1n) is 19.5. The number of hydrogen-bond acceptors (Lipinski definition) is 14. The maximum atomic E-state index is 13.3. The number of aliphatic hydroxyl groups is 2. The molecule has 55 heavy (non-hydrogen) atoms. The molecule has 0 bridgehead atoms. The van der Waals surface area contributed by atoms with E-state index in [1.54, 1.807) is 0 Å². The first-order valence-corrected chi connectivity index (χ1v) is 22.4. The van der Waals surface area contributed by atoms with E-state index in [0.29, 0.717) is 25.7 Å². The first kappa shape index (κ1) is 53.2. The van der Waals surface area contributed by atoms with Gasteiger partial charge in [0.2, 0.25) is 0 Å². The van der Waals surface area contributed by atoms with E-state index in [1.165, 1.54) is 25.0 Å². The van der Waals surface area contributed by atoms with E-state index in [4.69, 9.17) is 47.7 Å². The van der Waals surface area contributed by atoms with Crippen molar-refractivity contribution in [3.05, 3.63) is 46.2 Å². The molecule has 0 aliphatic heterocycles. The fourth-order valence-corrected chi connectivity index (χ4v) is 7.22. The molecular weight excluding hydrogens is 758 g/mol. The van der Waals surface area contributed by atoms with Gasteiger partial charge in [-0.15, -0.1) is 13.2 Å². The molecule has 0 aromatic rings. The summed E-state index contributed by atoms with van der Waals surface area (Å²) in [6.45, 7) is 10.3. The fourth-order valence-electron chi connectivity index (χ4n) is 4.79. The molecule has 0 aliphatic rings. The Labute approximate surface area is 328 Å².